The summed E-state index contributed by atoms with van der Waals surface area (Å²) in [6.45, 7) is 5.71. The molecule has 0 bridgehead atoms. The summed E-state index contributed by atoms with van der Waals surface area (Å²) in [5.74, 6) is 2.41. The van der Waals surface area contributed by atoms with E-state index in [0.29, 0.717) is 19.8 Å². The second kappa shape index (κ2) is 6.28. The van der Waals surface area contributed by atoms with Gasteiger partial charge in [0.05, 0.1) is 6.04 Å². The van der Waals surface area contributed by atoms with Crippen LogP contribution < -0.4 is 19.9 Å². The Kier molecular flexibility index (Phi) is 4.20. The number of ether oxygens (including phenoxy) is 3. The van der Waals surface area contributed by atoms with Gasteiger partial charge in [-0.15, -0.1) is 0 Å². The lowest BCUT2D eigenvalue weighted by molar-refractivity contribution is 0.171. The van der Waals surface area contributed by atoms with E-state index < -0.39 is 0 Å². The van der Waals surface area contributed by atoms with Crippen LogP contribution in [0.1, 0.15) is 22.7 Å². The van der Waals surface area contributed by atoms with E-state index in [0.717, 1.165) is 28.4 Å². The first kappa shape index (κ1) is 14.7. The van der Waals surface area contributed by atoms with Crippen molar-refractivity contribution in [2.75, 3.05) is 19.8 Å². The highest BCUT2D eigenvalue weighted by Crippen LogP contribution is 2.32. The smallest absolute Gasteiger partial charge is 0.161 e. The largest absolute Gasteiger partial charge is 0.491 e. The fourth-order valence-corrected chi connectivity index (χ4v) is 2.45. The van der Waals surface area contributed by atoms with E-state index in [-0.39, 0.29) is 6.04 Å². The van der Waals surface area contributed by atoms with Crippen LogP contribution in [0.2, 0.25) is 0 Å². The summed E-state index contributed by atoms with van der Waals surface area (Å²) >= 11 is 0. The molecule has 1 unspecified atom stereocenters. The highest BCUT2D eigenvalue weighted by Gasteiger charge is 2.15. The van der Waals surface area contributed by atoms with Crippen LogP contribution in [0.25, 0.3) is 0 Å². The minimum Gasteiger partial charge on any atom is -0.491 e. The molecule has 1 heterocycles. The number of aryl methyl sites for hydroxylation is 1. The first-order valence-corrected chi connectivity index (χ1v) is 7.49. The molecule has 1 atom stereocenters. The Labute approximate surface area is 130 Å². The van der Waals surface area contributed by atoms with Gasteiger partial charge in [-0.05, 0) is 48.7 Å². The third-order valence-corrected chi connectivity index (χ3v) is 3.97. The molecular weight excluding hydrogens is 278 g/mol. The number of hydrogen-bond donors (Lipinski definition) is 1. The van der Waals surface area contributed by atoms with E-state index in [9.17, 15) is 0 Å². The summed E-state index contributed by atoms with van der Waals surface area (Å²) in [5.41, 5.74) is 9.59. The third-order valence-electron chi connectivity index (χ3n) is 3.97. The molecule has 1 aliphatic rings. The van der Waals surface area contributed by atoms with Gasteiger partial charge < -0.3 is 19.9 Å². The van der Waals surface area contributed by atoms with Crippen molar-refractivity contribution in [2.45, 2.75) is 19.9 Å². The first-order valence-electron chi connectivity index (χ1n) is 7.49. The van der Waals surface area contributed by atoms with E-state index in [1.54, 1.807) is 0 Å². The zero-order valence-electron chi connectivity index (χ0n) is 13.0. The molecule has 116 valence electrons. The molecule has 2 aromatic rings. The van der Waals surface area contributed by atoms with Gasteiger partial charge >= 0.3 is 0 Å². The Bertz CT molecular complexity index is 669. The quantitative estimate of drug-likeness (QED) is 0.942. The van der Waals surface area contributed by atoms with E-state index in [4.69, 9.17) is 19.9 Å². The van der Waals surface area contributed by atoms with Gasteiger partial charge in [0, 0.05) is 0 Å². The Morgan fingerprint density at radius 3 is 2.68 bits per heavy atom. The van der Waals surface area contributed by atoms with Crippen molar-refractivity contribution < 1.29 is 14.2 Å². The van der Waals surface area contributed by atoms with Crippen molar-refractivity contribution in [1.82, 2.24) is 0 Å². The summed E-state index contributed by atoms with van der Waals surface area (Å²) in [7, 11) is 0. The summed E-state index contributed by atoms with van der Waals surface area (Å²) in [6, 6.07) is 11.6. The van der Waals surface area contributed by atoms with Crippen LogP contribution in [-0.4, -0.2) is 19.8 Å². The van der Waals surface area contributed by atoms with Crippen LogP contribution in [0, 0.1) is 13.8 Å². The Hall–Kier alpha value is -2.20. The fraction of sp³-hybridized carbons (Fsp3) is 0.333. The van der Waals surface area contributed by atoms with E-state index in [2.05, 4.69) is 19.9 Å². The van der Waals surface area contributed by atoms with Crippen LogP contribution >= 0.6 is 0 Å². The van der Waals surface area contributed by atoms with Crippen molar-refractivity contribution in [3.8, 4) is 17.2 Å². The van der Waals surface area contributed by atoms with Gasteiger partial charge in [-0.1, -0.05) is 18.2 Å². The number of nitrogens with two attached hydrogens (primary N) is 1. The number of fused-ring (bicyclic) bond motifs is 1. The lowest BCUT2D eigenvalue weighted by Crippen LogP contribution is -2.20. The number of rotatable bonds is 4. The summed E-state index contributed by atoms with van der Waals surface area (Å²) in [6.07, 6.45) is 0. The van der Waals surface area contributed by atoms with Crippen LogP contribution in [0.4, 0.5) is 0 Å². The van der Waals surface area contributed by atoms with Crippen LogP contribution in [0.15, 0.2) is 36.4 Å². The van der Waals surface area contributed by atoms with Gasteiger partial charge in [0.2, 0.25) is 0 Å². The maximum atomic E-state index is 6.24. The molecular formula is C18H21NO3. The van der Waals surface area contributed by atoms with Crippen molar-refractivity contribution in [1.29, 1.82) is 0 Å². The Morgan fingerprint density at radius 2 is 1.86 bits per heavy atom. The Morgan fingerprint density at radius 1 is 1.09 bits per heavy atom. The summed E-state index contributed by atoms with van der Waals surface area (Å²) < 4.78 is 17.0. The monoisotopic (exact) mass is 299 g/mol. The lowest BCUT2D eigenvalue weighted by Gasteiger charge is -2.21. The van der Waals surface area contributed by atoms with Gasteiger partial charge in [-0.25, -0.2) is 0 Å². The van der Waals surface area contributed by atoms with E-state index in [1.807, 2.05) is 30.3 Å². The lowest BCUT2D eigenvalue weighted by atomic mass is 10.1. The van der Waals surface area contributed by atoms with Crippen molar-refractivity contribution in [2.24, 2.45) is 5.73 Å². The molecule has 2 aromatic carbocycles. The normalized spacial score (nSPS) is 14.5. The van der Waals surface area contributed by atoms with Crippen molar-refractivity contribution in [3.63, 3.8) is 0 Å². The van der Waals surface area contributed by atoms with Gasteiger partial charge in [-0.2, -0.15) is 0 Å². The number of hydrogen-bond acceptors (Lipinski definition) is 4. The molecule has 4 nitrogen and oxygen atoms in total. The van der Waals surface area contributed by atoms with Gasteiger partial charge in [0.25, 0.3) is 0 Å². The average molecular weight is 299 g/mol. The molecule has 0 saturated heterocycles. The van der Waals surface area contributed by atoms with Crippen LogP contribution in [-0.2, 0) is 0 Å². The van der Waals surface area contributed by atoms with Gasteiger partial charge in [0.15, 0.2) is 11.5 Å². The zero-order valence-corrected chi connectivity index (χ0v) is 13.0. The molecule has 0 radical (unpaired) electrons. The molecule has 0 saturated carbocycles. The minimum atomic E-state index is -0.212. The molecule has 2 N–H and O–H groups in total. The van der Waals surface area contributed by atoms with Crippen molar-refractivity contribution in [3.05, 3.63) is 53.1 Å². The highest BCUT2D eigenvalue weighted by molar-refractivity contribution is 5.45. The third kappa shape index (κ3) is 3.02. The molecule has 4 heteroatoms. The van der Waals surface area contributed by atoms with E-state index >= 15 is 0 Å². The SMILES string of the molecule is Cc1cccc(OCC(N)c2ccc3c(c2)OCCO3)c1C. The predicted molar refractivity (Wildman–Crippen MR) is 85.8 cm³/mol. The molecule has 0 aromatic heterocycles. The standard InChI is InChI=1S/C18H21NO3/c1-12-4-3-5-16(13(12)2)22-11-15(19)14-6-7-17-18(10-14)21-9-8-20-17/h3-7,10,15H,8-9,11,19H2,1-2H3. The average Bonchev–Trinajstić information content (AvgIpc) is 2.55. The predicted octanol–water partition coefficient (Wildman–Crippen LogP) is 3.15. The molecule has 0 aliphatic carbocycles. The molecule has 3 rings (SSSR count). The maximum Gasteiger partial charge on any atom is 0.161 e. The van der Waals surface area contributed by atoms with Gasteiger partial charge in [-0.3, -0.25) is 0 Å². The fourth-order valence-electron chi connectivity index (χ4n) is 2.45. The first-order chi connectivity index (χ1) is 10.6. The Balaban J connectivity index is 1.69. The topological polar surface area (TPSA) is 53.7 Å². The second-order valence-corrected chi connectivity index (χ2v) is 5.52. The van der Waals surface area contributed by atoms with Crippen LogP contribution in [0.5, 0.6) is 17.2 Å². The molecule has 0 fully saturated rings. The molecule has 22 heavy (non-hydrogen) atoms. The van der Waals surface area contributed by atoms with E-state index in [1.165, 1.54) is 5.56 Å². The van der Waals surface area contributed by atoms with Crippen molar-refractivity contribution >= 4 is 0 Å². The summed E-state index contributed by atoms with van der Waals surface area (Å²) in [4.78, 5) is 0. The number of benzene rings is 2. The zero-order chi connectivity index (χ0) is 15.5. The highest BCUT2D eigenvalue weighted by atomic mass is 16.6. The summed E-state index contributed by atoms with van der Waals surface area (Å²) in [5, 5.41) is 0. The molecule has 1 aliphatic heterocycles. The molecule has 0 spiro atoms. The van der Waals surface area contributed by atoms with Crippen LogP contribution in [0.3, 0.4) is 0 Å². The molecule has 0 amide bonds. The maximum absolute atomic E-state index is 6.24. The second-order valence-electron chi connectivity index (χ2n) is 5.52. The van der Waals surface area contributed by atoms with Gasteiger partial charge in [0.1, 0.15) is 25.6 Å². The minimum absolute atomic E-state index is 0.212.